The standard InChI is InChI=1S/C13H20N2OS2/c1-13(2,3)15-6-4-14(5-7-15)12(16)11-8-10(17)9-18-11/h8-9,17H,4-7H2,1-3H3. The predicted octanol–water partition coefficient (Wildman–Crippen LogP) is 2.59. The van der Waals surface area contributed by atoms with Gasteiger partial charge in [-0.25, -0.2) is 0 Å². The average Bonchev–Trinajstić information content (AvgIpc) is 2.74. The van der Waals surface area contributed by atoms with Gasteiger partial charge in [0.15, 0.2) is 0 Å². The van der Waals surface area contributed by atoms with Crippen molar-refractivity contribution in [1.82, 2.24) is 9.80 Å². The van der Waals surface area contributed by atoms with Crippen molar-refractivity contribution in [2.24, 2.45) is 0 Å². The van der Waals surface area contributed by atoms with Gasteiger partial charge in [0.2, 0.25) is 0 Å². The van der Waals surface area contributed by atoms with E-state index < -0.39 is 0 Å². The van der Waals surface area contributed by atoms with E-state index in [9.17, 15) is 4.79 Å². The molecule has 0 bridgehead atoms. The van der Waals surface area contributed by atoms with Gasteiger partial charge in [0, 0.05) is 42.0 Å². The van der Waals surface area contributed by atoms with E-state index in [-0.39, 0.29) is 11.4 Å². The highest BCUT2D eigenvalue weighted by atomic mass is 32.1. The first-order chi connectivity index (χ1) is 8.38. The molecule has 1 aliphatic heterocycles. The molecule has 18 heavy (non-hydrogen) atoms. The maximum Gasteiger partial charge on any atom is 0.264 e. The van der Waals surface area contributed by atoms with Crippen LogP contribution in [0.4, 0.5) is 0 Å². The molecule has 0 N–H and O–H groups in total. The Morgan fingerprint density at radius 1 is 1.28 bits per heavy atom. The molecule has 0 atom stereocenters. The van der Waals surface area contributed by atoms with Gasteiger partial charge in [-0.05, 0) is 26.8 Å². The number of amides is 1. The fraction of sp³-hybridized carbons (Fsp3) is 0.615. The number of carbonyl (C=O) groups excluding carboxylic acids is 1. The molecule has 1 saturated heterocycles. The van der Waals surface area contributed by atoms with Crippen molar-refractivity contribution in [3.8, 4) is 0 Å². The lowest BCUT2D eigenvalue weighted by atomic mass is 10.0. The van der Waals surface area contributed by atoms with E-state index in [2.05, 4.69) is 38.3 Å². The van der Waals surface area contributed by atoms with E-state index in [1.807, 2.05) is 16.3 Å². The van der Waals surface area contributed by atoms with E-state index in [0.29, 0.717) is 0 Å². The minimum absolute atomic E-state index is 0.147. The Bertz CT molecular complexity index is 428. The van der Waals surface area contributed by atoms with Crippen molar-refractivity contribution in [3.63, 3.8) is 0 Å². The van der Waals surface area contributed by atoms with Crippen LogP contribution in [0, 0.1) is 0 Å². The van der Waals surface area contributed by atoms with Gasteiger partial charge in [0.25, 0.3) is 5.91 Å². The molecule has 1 fully saturated rings. The summed E-state index contributed by atoms with van der Waals surface area (Å²) in [6.45, 7) is 10.2. The minimum Gasteiger partial charge on any atom is -0.335 e. The Hall–Kier alpha value is -0.520. The smallest absolute Gasteiger partial charge is 0.264 e. The van der Waals surface area contributed by atoms with Gasteiger partial charge in [0.05, 0.1) is 4.88 Å². The maximum absolute atomic E-state index is 12.3. The number of rotatable bonds is 1. The van der Waals surface area contributed by atoms with Crippen LogP contribution in [0.15, 0.2) is 16.3 Å². The summed E-state index contributed by atoms with van der Waals surface area (Å²) in [5, 5.41) is 1.90. The van der Waals surface area contributed by atoms with E-state index in [1.54, 1.807) is 0 Å². The van der Waals surface area contributed by atoms with Crippen molar-refractivity contribution in [2.45, 2.75) is 31.2 Å². The molecule has 1 aliphatic rings. The van der Waals surface area contributed by atoms with Gasteiger partial charge in [-0.15, -0.1) is 24.0 Å². The molecule has 0 aromatic carbocycles. The first kappa shape index (κ1) is 13.9. The second-order valence-electron chi connectivity index (χ2n) is 5.62. The third-order valence-corrected chi connectivity index (χ3v) is 4.66. The molecule has 2 rings (SSSR count). The molecule has 1 aromatic heterocycles. The summed E-state index contributed by atoms with van der Waals surface area (Å²) in [5.41, 5.74) is 0.191. The molecule has 0 spiro atoms. The number of hydrogen-bond acceptors (Lipinski definition) is 4. The Labute approximate surface area is 118 Å². The Morgan fingerprint density at radius 2 is 1.89 bits per heavy atom. The summed E-state index contributed by atoms with van der Waals surface area (Å²) < 4.78 is 0. The SMILES string of the molecule is CC(C)(C)N1CCN(C(=O)c2cc(S)cs2)CC1. The molecular formula is C13H20N2OS2. The van der Waals surface area contributed by atoms with Gasteiger partial charge in [-0.2, -0.15) is 0 Å². The lowest BCUT2D eigenvalue weighted by Crippen LogP contribution is -2.54. The molecule has 0 unspecified atom stereocenters. The monoisotopic (exact) mass is 284 g/mol. The highest BCUT2D eigenvalue weighted by Crippen LogP contribution is 2.21. The molecule has 1 aromatic rings. The molecule has 5 heteroatoms. The second-order valence-corrected chi connectivity index (χ2v) is 7.05. The zero-order valence-electron chi connectivity index (χ0n) is 11.1. The van der Waals surface area contributed by atoms with Crippen LogP contribution < -0.4 is 0 Å². The van der Waals surface area contributed by atoms with Crippen LogP contribution in [-0.2, 0) is 0 Å². The molecule has 0 aliphatic carbocycles. The van der Waals surface area contributed by atoms with Gasteiger partial charge >= 0.3 is 0 Å². The molecular weight excluding hydrogens is 264 g/mol. The Balaban J connectivity index is 1.96. The summed E-state index contributed by atoms with van der Waals surface area (Å²) in [7, 11) is 0. The highest BCUT2D eigenvalue weighted by molar-refractivity contribution is 7.80. The molecule has 1 amide bonds. The number of hydrogen-bond donors (Lipinski definition) is 1. The third-order valence-electron chi connectivity index (χ3n) is 3.31. The zero-order chi connectivity index (χ0) is 13.3. The van der Waals surface area contributed by atoms with Crippen LogP contribution in [0.1, 0.15) is 30.4 Å². The van der Waals surface area contributed by atoms with Gasteiger partial charge in [-0.1, -0.05) is 0 Å². The van der Waals surface area contributed by atoms with Crippen LogP contribution in [0.2, 0.25) is 0 Å². The van der Waals surface area contributed by atoms with Gasteiger partial charge in [-0.3, -0.25) is 9.69 Å². The molecule has 100 valence electrons. The van der Waals surface area contributed by atoms with Crippen LogP contribution in [-0.4, -0.2) is 47.4 Å². The van der Waals surface area contributed by atoms with Crippen LogP contribution in [0.25, 0.3) is 0 Å². The zero-order valence-corrected chi connectivity index (χ0v) is 12.9. The van der Waals surface area contributed by atoms with Crippen LogP contribution in [0.3, 0.4) is 0 Å². The van der Waals surface area contributed by atoms with Crippen molar-refractivity contribution in [2.75, 3.05) is 26.2 Å². The van der Waals surface area contributed by atoms with E-state index in [4.69, 9.17) is 0 Å². The second kappa shape index (κ2) is 5.23. The van der Waals surface area contributed by atoms with E-state index >= 15 is 0 Å². The minimum atomic E-state index is 0.147. The lowest BCUT2D eigenvalue weighted by Gasteiger charge is -2.42. The number of thiol groups is 1. The maximum atomic E-state index is 12.3. The quantitative estimate of drug-likeness (QED) is 0.801. The number of carbonyl (C=O) groups is 1. The fourth-order valence-electron chi connectivity index (χ4n) is 2.17. The van der Waals surface area contributed by atoms with Crippen LogP contribution >= 0.6 is 24.0 Å². The van der Waals surface area contributed by atoms with E-state index in [0.717, 1.165) is 36.0 Å². The van der Waals surface area contributed by atoms with Crippen molar-refractivity contribution >= 4 is 29.9 Å². The summed E-state index contributed by atoms with van der Waals surface area (Å²) in [4.78, 5) is 18.3. The molecule has 0 saturated carbocycles. The normalized spacial score (nSPS) is 18.1. The molecule has 3 nitrogen and oxygen atoms in total. The Kier molecular flexibility index (Phi) is 4.04. The van der Waals surface area contributed by atoms with Crippen molar-refractivity contribution in [3.05, 3.63) is 16.3 Å². The number of piperazine rings is 1. The largest absolute Gasteiger partial charge is 0.335 e. The number of thiophene rings is 1. The Morgan fingerprint density at radius 3 is 2.33 bits per heavy atom. The van der Waals surface area contributed by atoms with E-state index in [1.165, 1.54) is 11.3 Å². The summed E-state index contributed by atoms with van der Waals surface area (Å²) in [6, 6.07) is 1.85. The summed E-state index contributed by atoms with van der Waals surface area (Å²) in [6.07, 6.45) is 0. The lowest BCUT2D eigenvalue weighted by molar-refractivity contribution is 0.0454. The fourth-order valence-corrected chi connectivity index (χ4v) is 3.29. The van der Waals surface area contributed by atoms with Crippen molar-refractivity contribution < 1.29 is 4.79 Å². The first-order valence-electron chi connectivity index (χ1n) is 6.20. The van der Waals surface area contributed by atoms with Gasteiger partial charge < -0.3 is 4.90 Å². The highest BCUT2D eigenvalue weighted by Gasteiger charge is 2.28. The summed E-state index contributed by atoms with van der Waals surface area (Å²) in [5.74, 6) is 0.147. The van der Waals surface area contributed by atoms with Crippen LogP contribution in [0.5, 0.6) is 0 Å². The van der Waals surface area contributed by atoms with Crippen molar-refractivity contribution in [1.29, 1.82) is 0 Å². The summed E-state index contributed by atoms with van der Waals surface area (Å²) >= 11 is 5.72. The topological polar surface area (TPSA) is 23.6 Å². The molecule has 2 heterocycles. The predicted molar refractivity (Wildman–Crippen MR) is 78.8 cm³/mol. The number of nitrogens with zero attached hydrogens (tertiary/aromatic N) is 2. The average molecular weight is 284 g/mol. The third kappa shape index (κ3) is 3.08. The first-order valence-corrected chi connectivity index (χ1v) is 7.52. The van der Waals surface area contributed by atoms with Gasteiger partial charge in [0.1, 0.15) is 0 Å². The molecule has 0 radical (unpaired) electrons.